The molecule has 1 aromatic rings. The molecular formula is C15H17NO4. The van der Waals surface area contributed by atoms with E-state index in [1.807, 2.05) is 6.08 Å². The van der Waals surface area contributed by atoms with Crippen LogP contribution in [0.3, 0.4) is 0 Å². The van der Waals surface area contributed by atoms with E-state index >= 15 is 0 Å². The van der Waals surface area contributed by atoms with E-state index in [0.717, 1.165) is 12.8 Å². The standard InChI is InChI=1S/C15H17NO4/c1-20-11-6-7-13(12(9-11)15(18)19)16-14(17)8-10-4-2-3-5-10/h2,4,6-7,9-10H,3,5,8H2,1H3,(H,16,17)(H,18,19). The average Bonchev–Trinajstić information content (AvgIpc) is 2.91. The van der Waals surface area contributed by atoms with Gasteiger partial charge in [-0.05, 0) is 37.0 Å². The molecule has 1 aliphatic carbocycles. The maximum absolute atomic E-state index is 11.9. The lowest BCUT2D eigenvalue weighted by Crippen LogP contribution is -2.17. The fraction of sp³-hybridized carbons (Fsp3) is 0.333. The van der Waals surface area contributed by atoms with Crippen LogP contribution < -0.4 is 10.1 Å². The van der Waals surface area contributed by atoms with Crippen LogP contribution in [-0.2, 0) is 4.79 Å². The van der Waals surface area contributed by atoms with Crippen LogP contribution in [0.5, 0.6) is 5.75 Å². The summed E-state index contributed by atoms with van der Waals surface area (Å²) >= 11 is 0. The molecule has 20 heavy (non-hydrogen) atoms. The summed E-state index contributed by atoms with van der Waals surface area (Å²) in [4.78, 5) is 23.1. The van der Waals surface area contributed by atoms with Crippen molar-refractivity contribution in [1.29, 1.82) is 0 Å². The number of amides is 1. The Morgan fingerprint density at radius 2 is 2.25 bits per heavy atom. The second-order valence-electron chi connectivity index (χ2n) is 4.73. The Hall–Kier alpha value is -2.30. The van der Waals surface area contributed by atoms with Gasteiger partial charge in [0.15, 0.2) is 0 Å². The van der Waals surface area contributed by atoms with Gasteiger partial charge in [0.1, 0.15) is 5.75 Å². The van der Waals surface area contributed by atoms with Crippen molar-refractivity contribution in [3.05, 3.63) is 35.9 Å². The molecule has 0 radical (unpaired) electrons. The van der Waals surface area contributed by atoms with E-state index < -0.39 is 5.97 Å². The van der Waals surface area contributed by atoms with Gasteiger partial charge in [-0.1, -0.05) is 12.2 Å². The molecule has 0 aromatic heterocycles. The number of carbonyl (C=O) groups excluding carboxylic acids is 1. The third-order valence-corrected chi connectivity index (χ3v) is 3.29. The smallest absolute Gasteiger partial charge is 0.337 e. The molecule has 0 bridgehead atoms. The molecule has 0 spiro atoms. The average molecular weight is 275 g/mol. The van der Waals surface area contributed by atoms with Gasteiger partial charge in [-0.3, -0.25) is 4.79 Å². The Morgan fingerprint density at radius 3 is 2.85 bits per heavy atom. The quantitative estimate of drug-likeness (QED) is 0.810. The molecule has 0 saturated heterocycles. The number of carboxylic acid groups (broad SMARTS) is 1. The molecule has 1 aliphatic rings. The molecular weight excluding hydrogens is 258 g/mol. The van der Waals surface area contributed by atoms with Crippen LogP contribution in [-0.4, -0.2) is 24.1 Å². The highest BCUT2D eigenvalue weighted by Crippen LogP contribution is 2.24. The normalized spacial score (nSPS) is 16.9. The van der Waals surface area contributed by atoms with Crippen molar-refractivity contribution in [2.24, 2.45) is 5.92 Å². The highest BCUT2D eigenvalue weighted by atomic mass is 16.5. The number of ether oxygens (including phenoxy) is 1. The Kier molecular flexibility index (Phi) is 4.40. The Bertz CT molecular complexity index is 551. The van der Waals surface area contributed by atoms with Crippen molar-refractivity contribution in [2.45, 2.75) is 19.3 Å². The number of aromatic carboxylic acids is 1. The van der Waals surface area contributed by atoms with Crippen LogP contribution >= 0.6 is 0 Å². The Labute approximate surface area is 117 Å². The summed E-state index contributed by atoms with van der Waals surface area (Å²) in [5.41, 5.74) is 0.324. The summed E-state index contributed by atoms with van der Waals surface area (Å²) < 4.78 is 4.99. The minimum Gasteiger partial charge on any atom is -0.497 e. The van der Waals surface area contributed by atoms with Crippen molar-refractivity contribution in [1.82, 2.24) is 0 Å². The molecule has 1 amide bonds. The molecule has 1 unspecified atom stereocenters. The van der Waals surface area contributed by atoms with Crippen molar-refractivity contribution in [3.8, 4) is 5.75 Å². The molecule has 0 saturated carbocycles. The Balaban J connectivity index is 2.09. The predicted octanol–water partition coefficient (Wildman–Crippen LogP) is 2.69. The second kappa shape index (κ2) is 6.23. The maximum atomic E-state index is 11.9. The fourth-order valence-electron chi connectivity index (χ4n) is 2.24. The number of rotatable bonds is 5. The molecule has 2 rings (SSSR count). The van der Waals surface area contributed by atoms with E-state index in [1.165, 1.54) is 13.2 Å². The van der Waals surface area contributed by atoms with Gasteiger partial charge in [-0.25, -0.2) is 4.79 Å². The summed E-state index contributed by atoms with van der Waals surface area (Å²) in [6.45, 7) is 0. The lowest BCUT2D eigenvalue weighted by atomic mass is 10.0. The number of carbonyl (C=O) groups is 2. The third-order valence-electron chi connectivity index (χ3n) is 3.29. The van der Waals surface area contributed by atoms with Gasteiger partial charge in [0.25, 0.3) is 0 Å². The van der Waals surface area contributed by atoms with E-state index in [4.69, 9.17) is 9.84 Å². The molecule has 0 heterocycles. The number of hydrogen-bond acceptors (Lipinski definition) is 3. The van der Waals surface area contributed by atoms with Gasteiger partial charge < -0.3 is 15.2 Å². The predicted molar refractivity (Wildman–Crippen MR) is 75.1 cm³/mol. The number of allylic oxidation sites excluding steroid dienone is 2. The molecule has 5 heteroatoms. The van der Waals surface area contributed by atoms with Gasteiger partial charge in [0, 0.05) is 6.42 Å². The molecule has 1 atom stereocenters. The summed E-state index contributed by atoms with van der Waals surface area (Å²) in [7, 11) is 1.46. The lowest BCUT2D eigenvalue weighted by Gasteiger charge is -2.11. The first-order valence-electron chi connectivity index (χ1n) is 6.48. The highest BCUT2D eigenvalue weighted by molar-refractivity contribution is 6.00. The maximum Gasteiger partial charge on any atom is 0.337 e. The van der Waals surface area contributed by atoms with Gasteiger partial charge >= 0.3 is 5.97 Å². The number of hydrogen-bond donors (Lipinski definition) is 2. The van der Waals surface area contributed by atoms with Crippen LogP contribution in [0, 0.1) is 5.92 Å². The fourth-order valence-corrected chi connectivity index (χ4v) is 2.24. The first kappa shape index (κ1) is 14.1. The second-order valence-corrected chi connectivity index (χ2v) is 4.73. The molecule has 106 valence electrons. The van der Waals surface area contributed by atoms with Crippen LogP contribution in [0.4, 0.5) is 5.69 Å². The van der Waals surface area contributed by atoms with Gasteiger partial charge in [-0.15, -0.1) is 0 Å². The van der Waals surface area contributed by atoms with Crippen molar-refractivity contribution in [3.63, 3.8) is 0 Å². The monoisotopic (exact) mass is 275 g/mol. The van der Waals surface area contributed by atoms with Crippen molar-refractivity contribution >= 4 is 17.6 Å². The van der Waals surface area contributed by atoms with Gasteiger partial charge in [0.2, 0.25) is 5.91 Å². The lowest BCUT2D eigenvalue weighted by molar-refractivity contribution is -0.116. The highest BCUT2D eigenvalue weighted by Gasteiger charge is 2.17. The zero-order valence-corrected chi connectivity index (χ0v) is 11.3. The topological polar surface area (TPSA) is 75.6 Å². The van der Waals surface area contributed by atoms with E-state index in [-0.39, 0.29) is 17.4 Å². The largest absolute Gasteiger partial charge is 0.497 e. The number of anilines is 1. The van der Waals surface area contributed by atoms with E-state index in [9.17, 15) is 9.59 Å². The first-order valence-corrected chi connectivity index (χ1v) is 6.48. The minimum absolute atomic E-state index is 0.0275. The van der Waals surface area contributed by atoms with Crippen molar-refractivity contribution in [2.75, 3.05) is 12.4 Å². The summed E-state index contributed by atoms with van der Waals surface area (Å²) in [6.07, 6.45) is 6.45. The summed E-state index contributed by atoms with van der Waals surface area (Å²) in [5, 5.41) is 11.8. The van der Waals surface area contributed by atoms with Crippen LogP contribution in [0.1, 0.15) is 29.6 Å². The number of benzene rings is 1. The van der Waals surface area contributed by atoms with Crippen LogP contribution in [0.2, 0.25) is 0 Å². The minimum atomic E-state index is -1.10. The van der Waals surface area contributed by atoms with Gasteiger partial charge in [0.05, 0.1) is 18.4 Å². The summed E-state index contributed by atoms with van der Waals surface area (Å²) in [6, 6.07) is 4.57. The van der Waals surface area contributed by atoms with Crippen molar-refractivity contribution < 1.29 is 19.4 Å². The van der Waals surface area contributed by atoms with E-state index in [1.54, 1.807) is 12.1 Å². The first-order chi connectivity index (χ1) is 9.60. The molecule has 1 aromatic carbocycles. The van der Waals surface area contributed by atoms with Crippen LogP contribution in [0.15, 0.2) is 30.4 Å². The molecule has 2 N–H and O–H groups in total. The number of methoxy groups -OCH3 is 1. The number of carboxylic acids is 1. The number of nitrogens with one attached hydrogen (secondary N) is 1. The summed E-state index contributed by atoms with van der Waals surface area (Å²) in [5.74, 6) is -0.574. The molecule has 0 aliphatic heterocycles. The third kappa shape index (κ3) is 3.38. The molecule has 0 fully saturated rings. The Morgan fingerprint density at radius 1 is 1.45 bits per heavy atom. The zero-order valence-electron chi connectivity index (χ0n) is 11.3. The van der Waals surface area contributed by atoms with Gasteiger partial charge in [-0.2, -0.15) is 0 Å². The zero-order chi connectivity index (χ0) is 14.5. The van der Waals surface area contributed by atoms with E-state index in [0.29, 0.717) is 17.9 Å². The SMILES string of the molecule is COc1ccc(NC(=O)CC2C=CCC2)c(C(=O)O)c1. The molecule has 5 nitrogen and oxygen atoms in total. The van der Waals surface area contributed by atoms with E-state index in [2.05, 4.69) is 11.4 Å². The van der Waals surface area contributed by atoms with Crippen LogP contribution in [0.25, 0.3) is 0 Å².